The Morgan fingerprint density at radius 3 is 2.76 bits per heavy atom. The molecule has 1 aromatic carbocycles. The number of hydrogen-bond acceptors (Lipinski definition) is 2. The average molecular weight is 265 g/mol. The van der Waals surface area contributed by atoms with Crippen LogP contribution < -0.4 is 10.2 Å². The van der Waals surface area contributed by atoms with E-state index in [2.05, 4.69) is 5.32 Å². The number of amides is 1. The second-order valence-electron chi connectivity index (χ2n) is 3.66. The predicted octanol–water partition coefficient (Wildman–Crippen LogP) is 2.66. The maximum Gasteiger partial charge on any atom is 0.405 e. The molecule has 0 bridgehead atoms. The first kappa shape index (κ1) is 12.0. The van der Waals surface area contributed by atoms with Crippen molar-refractivity contribution in [2.75, 3.05) is 23.3 Å². The Hall–Kier alpha value is -1.43. The largest absolute Gasteiger partial charge is 0.405 e. The molecule has 3 nitrogen and oxygen atoms in total. The lowest BCUT2D eigenvalue weighted by Gasteiger charge is -2.32. The minimum atomic E-state index is -4.38. The van der Waals surface area contributed by atoms with E-state index in [0.29, 0.717) is 5.69 Å². The van der Waals surface area contributed by atoms with E-state index in [1.165, 1.54) is 12.1 Å². The Morgan fingerprint density at radius 1 is 1.41 bits per heavy atom. The molecule has 17 heavy (non-hydrogen) atoms. The number of carbonyl (C=O) groups excluding carboxylic acids is 1. The van der Waals surface area contributed by atoms with Crippen molar-refractivity contribution in [2.24, 2.45) is 0 Å². The monoisotopic (exact) mass is 264 g/mol. The van der Waals surface area contributed by atoms with Crippen LogP contribution in [0.4, 0.5) is 24.5 Å². The second-order valence-corrected chi connectivity index (χ2v) is 4.06. The Labute approximate surface area is 100 Å². The number of rotatable bonds is 1. The average Bonchev–Trinajstić information content (AvgIpc) is 2.13. The van der Waals surface area contributed by atoms with Crippen LogP contribution in [-0.4, -0.2) is 25.2 Å². The first-order valence-electron chi connectivity index (χ1n) is 4.77. The molecule has 2 rings (SSSR count). The third kappa shape index (κ3) is 2.63. The van der Waals surface area contributed by atoms with Crippen molar-refractivity contribution in [3.05, 3.63) is 23.2 Å². The van der Waals surface area contributed by atoms with E-state index in [1.54, 1.807) is 6.07 Å². The van der Waals surface area contributed by atoms with Crippen LogP contribution in [0.1, 0.15) is 0 Å². The molecule has 0 spiro atoms. The quantitative estimate of drug-likeness (QED) is 0.846. The molecule has 0 fully saturated rings. The zero-order chi connectivity index (χ0) is 12.6. The van der Waals surface area contributed by atoms with E-state index in [4.69, 9.17) is 11.6 Å². The molecule has 1 aliphatic rings. The van der Waals surface area contributed by atoms with Crippen molar-refractivity contribution in [1.82, 2.24) is 0 Å². The van der Waals surface area contributed by atoms with Crippen LogP contribution >= 0.6 is 11.6 Å². The number of anilines is 2. The fraction of sp³-hybridized carbons (Fsp3) is 0.300. The predicted molar refractivity (Wildman–Crippen MR) is 58.3 cm³/mol. The topological polar surface area (TPSA) is 32.3 Å². The van der Waals surface area contributed by atoms with Gasteiger partial charge in [0.05, 0.1) is 22.9 Å². The molecule has 0 saturated carbocycles. The van der Waals surface area contributed by atoms with Gasteiger partial charge < -0.3 is 10.2 Å². The number of alkyl halides is 3. The third-order valence-electron chi connectivity index (χ3n) is 2.28. The van der Waals surface area contributed by atoms with E-state index < -0.39 is 18.6 Å². The molecule has 0 radical (unpaired) electrons. The summed E-state index contributed by atoms with van der Waals surface area (Å²) in [5, 5.41) is 2.67. The number of nitrogens with one attached hydrogen (secondary N) is 1. The van der Waals surface area contributed by atoms with Crippen LogP contribution in [-0.2, 0) is 4.79 Å². The molecule has 92 valence electrons. The summed E-state index contributed by atoms with van der Waals surface area (Å²) >= 11 is 5.85. The van der Waals surface area contributed by atoms with Gasteiger partial charge >= 0.3 is 6.18 Å². The summed E-state index contributed by atoms with van der Waals surface area (Å²) in [7, 11) is 0. The fourth-order valence-corrected chi connectivity index (χ4v) is 2.03. The molecule has 7 heteroatoms. The first-order valence-corrected chi connectivity index (χ1v) is 5.15. The highest BCUT2D eigenvalue weighted by Crippen LogP contribution is 2.37. The summed E-state index contributed by atoms with van der Waals surface area (Å²) in [5.74, 6) is -0.482. The minimum Gasteiger partial charge on any atom is -0.350 e. The molecule has 1 aromatic rings. The van der Waals surface area contributed by atoms with Crippen LogP contribution in [0.15, 0.2) is 18.2 Å². The van der Waals surface area contributed by atoms with Crippen molar-refractivity contribution < 1.29 is 18.0 Å². The van der Waals surface area contributed by atoms with Crippen molar-refractivity contribution in [1.29, 1.82) is 0 Å². The Morgan fingerprint density at radius 2 is 2.12 bits per heavy atom. The Bertz CT molecular complexity index is 461. The molecule has 1 aliphatic heterocycles. The van der Waals surface area contributed by atoms with E-state index >= 15 is 0 Å². The summed E-state index contributed by atoms with van der Waals surface area (Å²) in [6, 6.07) is 4.57. The van der Waals surface area contributed by atoms with Gasteiger partial charge in [0.15, 0.2) is 0 Å². The summed E-state index contributed by atoms with van der Waals surface area (Å²) in [4.78, 5) is 12.2. The molecule has 0 aliphatic carbocycles. The summed E-state index contributed by atoms with van der Waals surface area (Å²) in [6.07, 6.45) is -4.38. The number of carbonyl (C=O) groups is 1. The molecule has 0 saturated heterocycles. The highest BCUT2D eigenvalue weighted by atomic mass is 35.5. The zero-order valence-electron chi connectivity index (χ0n) is 8.51. The van der Waals surface area contributed by atoms with Crippen LogP contribution in [0.25, 0.3) is 0 Å². The van der Waals surface area contributed by atoms with Gasteiger partial charge in [-0.3, -0.25) is 4.79 Å². The normalized spacial score (nSPS) is 15.5. The lowest BCUT2D eigenvalue weighted by Crippen LogP contribution is -2.43. The van der Waals surface area contributed by atoms with Gasteiger partial charge in [-0.1, -0.05) is 17.7 Å². The maximum atomic E-state index is 12.4. The summed E-state index contributed by atoms with van der Waals surface area (Å²) < 4.78 is 37.1. The van der Waals surface area contributed by atoms with Gasteiger partial charge in [0, 0.05) is 0 Å². The maximum absolute atomic E-state index is 12.4. The first-order chi connectivity index (χ1) is 7.87. The van der Waals surface area contributed by atoms with Crippen molar-refractivity contribution in [3.63, 3.8) is 0 Å². The lowest BCUT2D eigenvalue weighted by atomic mass is 10.2. The standard InChI is InChI=1S/C10H8ClF3N2O/c11-6-2-1-3-7-9(6)16(4-8(17)15-7)5-10(12,13)14/h1-3H,4-5H2,(H,15,17). The van der Waals surface area contributed by atoms with Gasteiger partial charge in [-0.15, -0.1) is 0 Å². The highest BCUT2D eigenvalue weighted by Gasteiger charge is 2.35. The highest BCUT2D eigenvalue weighted by molar-refractivity contribution is 6.34. The molecule has 1 N–H and O–H groups in total. The number of hydrogen-bond donors (Lipinski definition) is 1. The van der Waals surface area contributed by atoms with Crippen LogP contribution in [0.2, 0.25) is 5.02 Å². The van der Waals surface area contributed by atoms with E-state index in [1.807, 2.05) is 0 Å². The number of para-hydroxylation sites is 1. The minimum absolute atomic E-state index is 0.187. The smallest absolute Gasteiger partial charge is 0.350 e. The number of nitrogens with zero attached hydrogens (tertiary/aromatic N) is 1. The molecule has 0 unspecified atom stereocenters. The van der Waals surface area contributed by atoms with E-state index in [9.17, 15) is 18.0 Å². The zero-order valence-corrected chi connectivity index (χ0v) is 9.27. The molecule has 0 atom stereocenters. The van der Waals surface area contributed by atoms with Gasteiger partial charge in [-0.25, -0.2) is 0 Å². The summed E-state index contributed by atoms with van der Waals surface area (Å²) in [6.45, 7) is -1.55. The number of fused-ring (bicyclic) bond motifs is 1. The third-order valence-corrected chi connectivity index (χ3v) is 2.59. The van der Waals surface area contributed by atoms with E-state index in [0.717, 1.165) is 4.90 Å². The van der Waals surface area contributed by atoms with Crippen LogP contribution in [0.5, 0.6) is 0 Å². The van der Waals surface area contributed by atoms with Crippen molar-refractivity contribution in [3.8, 4) is 0 Å². The van der Waals surface area contributed by atoms with Crippen molar-refractivity contribution in [2.45, 2.75) is 6.18 Å². The molecular weight excluding hydrogens is 257 g/mol. The van der Waals surface area contributed by atoms with Crippen LogP contribution in [0.3, 0.4) is 0 Å². The fourth-order valence-electron chi connectivity index (χ4n) is 1.73. The summed E-state index contributed by atoms with van der Waals surface area (Å²) in [5.41, 5.74) is 0.518. The van der Waals surface area contributed by atoms with Gasteiger partial charge in [0.25, 0.3) is 0 Å². The SMILES string of the molecule is O=C1CN(CC(F)(F)F)c2c(Cl)cccc2N1. The van der Waals surface area contributed by atoms with E-state index in [-0.39, 0.29) is 17.3 Å². The van der Waals surface area contributed by atoms with Gasteiger partial charge in [-0.2, -0.15) is 13.2 Å². The molecular formula is C10H8ClF3N2O. The number of benzene rings is 1. The molecule has 1 heterocycles. The van der Waals surface area contributed by atoms with Crippen LogP contribution in [0, 0.1) is 0 Å². The number of halogens is 4. The Balaban J connectivity index is 2.40. The van der Waals surface area contributed by atoms with Crippen molar-refractivity contribution >= 4 is 28.9 Å². The Kier molecular flexibility index (Phi) is 2.91. The van der Waals surface area contributed by atoms with Gasteiger partial charge in [-0.05, 0) is 12.1 Å². The van der Waals surface area contributed by atoms with Gasteiger partial charge in [0.2, 0.25) is 5.91 Å². The molecule has 0 aromatic heterocycles. The lowest BCUT2D eigenvalue weighted by molar-refractivity contribution is -0.122. The second kappa shape index (κ2) is 4.10. The molecule has 1 amide bonds. The van der Waals surface area contributed by atoms with Gasteiger partial charge in [0.1, 0.15) is 6.54 Å².